The molecule has 1 aromatic carbocycles. The Hall–Kier alpha value is -1.97. The molecule has 24 heavy (non-hydrogen) atoms. The number of esters is 1. The van der Waals surface area contributed by atoms with Crippen LogP contribution in [0.15, 0.2) is 32.8 Å². The number of carbonyl (C=O) groups is 1. The van der Waals surface area contributed by atoms with E-state index in [0.717, 1.165) is 10.0 Å². The number of aryl methyl sites for hydroxylation is 1. The van der Waals surface area contributed by atoms with Gasteiger partial charge in [-0.3, -0.25) is 10.1 Å². The van der Waals surface area contributed by atoms with Gasteiger partial charge in [0.25, 0.3) is 5.69 Å². The van der Waals surface area contributed by atoms with Gasteiger partial charge in [0.1, 0.15) is 6.61 Å². The van der Waals surface area contributed by atoms with E-state index in [1.54, 1.807) is 6.07 Å². The number of non-ortho nitro benzene ring substituents is 1. The van der Waals surface area contributed by atoms with Crippen LogP contribution in [0.25, 0.3) is 0 Å². The zero-order valence-corrected chi connectivity index (χ0v) is 14.8. The van der Waals surface area contributed by atoms with Crippen molar-refractivity contribution in [2.24, 2.45) is 0 Å². The van der Waals surface area contributed by atoms with E-state index in [-0.39, 0.29) is 24.5 Å². The van der Waals surface area contributed by atoms with Crippen molar-refractivity contribution in [2.75, 3.05) is 19.8 Å². The molecule has 0 saturated carbocycles. The van der Waals surface area contributed by atoms with E-state index < -0.39 is 10.9 Å². The Morgan fingerprint density at radius 1 is 1.42 bits per heavy atom. The topological polar surface area (TPSA) is 91.6 Å². The van der Waals surface area contributed by atoms with E-state index >= 15 is 0 Å². The Balaban J connectivity index is 2.22. The number of hydrogen-bond donors (Lipinski definition) is 0. The standard InChI is InChI=1S/C15H16N2O5S2/c1-3-21-6-7-22-14(18)12-8-11(17(19)20)4-5-13(12)24-15-16-10(2)9-23-15/h4-5,8-9H,3,6-7H2,1-2H3. The molecule has 0 saturated heterocycles. The highest BCUT2D eigenvalue weighted by Crippen LogP contribution is 2.34. The second-order valence-corrected chi connectivity index (χ2v) is 6.77. The third-order valence-corrected chi connectivity index (χ3v) is 4.99. The molecule has 7 nitrogen and oxygen atoms in total. The van der Waals surface area contributed by atoms with Crippen LogP contribution in [-0.2, 0) is 9.47 Å². The number of nitro benzene ring substituents is 1. The molecule has 0 N–H and O–H groups in total. The fraction of sp³-hybridized carbons (Fsp3) is 0.333. The summed E-state index contributed by atoms with van der Waals surface area (Å²) in [7, 11) is 0. The van der Waals surface area contributed by atoms with Crippen molar-refractivity contribution >= 4 is 34.8 Å². The van der Waals surface area contributed by atoms with Crippen molar-refractivity contribution < 1.29 is 19.2 Å². The average Bonchev–Trinajstić information content (AvgIpc) is 2.96. The number of nitrogens with zero attached hydrogens (tertiary/aromatic N) is 2. The van der Waals surface area contributed by atoms with Crippen LogP contribution in [0.2, 0.25) is 0 Å². The monoisotopic (exact) mass is 368 g/mol. The number of aromatic nitrogens is 1. The predicted octanol–water partition coefficient (Wildman–Crippen LogP) is 3.70. The van der Waals surface area contributed by atoms with E-state index in [1.807, 2.05) is 19.2 Å². The molecule has 2 rings (SSSR count). The van der Waals surface area contributed by atoms with Gasteiger partial charge in [0.05, 0.1) is 17.1 Å². The molecule has 2 aromatic rings. The Labute approximate surface area is 147 Å². The normalized spacial score (nSPS) is 10.6. The van der Waals surface area contributed by atoms with Gasteiger partial charge in [-0.25, -0.2) is 9.78 Å². The minimum Gasteiger partial charge on any atom is -0.460 e. The van der Waals surface area contributed by atoms with Gasteiger partial charge in [-0.05, 0) is 19.9 Å². The minimum atomic E-state index is -0.616. The van der Waals surface area contributed by atoms with Gasteiger partial charge >= 0.3 is 5.97 Å². The van der Waals surface area contributed by atoms with E-state index in [4.69, 9.17) is 9.47 Å². The lowest BCUT2D eigenvalue weighted by atomic mass is 10.2. The van der Waals surface area contributed by atoms with Gasteiger partial charge in [0.15, 0.2) is 4.34 Å². The summed E-state index contributed by atoms with van der Waals surface area (Å²) >= 11 is 2.73. The summed E-state index contributed by atoms with van der Waals surface area (Å²) in [6, 6.07) is 4.13. The lowest BCUT2D eigenvalue weighted by Crippen LogP contribution is -2.12. The molecule has 0 fully saturated rings. The van der Waals surface area contributed by atoms with Crippen LogP contribution in [0, 0.1) is 17.0 Å². The van der Waals surface area contributed by atoms with Crippen molar-refractivity contribution in [1.82, 2.24) is 4.98 Å². The highest BCUT2D eigenvalue weighted by Gasteiger charge is 2.19. The van der Waals surface area contributed by atoms with Crippen molar-refractivity contribution in [3.63, 3.8) is 0 Å². The molecule has 1 aromatic heterocycles. The average molecular weight is 368 g/mol. The Bertz CT molecular complexity index is 732. The third-order valence-electron chi connectivity index (χ3n) is 2.85. The molecule has 0 aliphatic rings. The first-order valence-corrected chi connectivity index (χ1v) is 8.84. The zero-order valence-electron chi connectivity index (χ0n) is 13.2. The maximum atomic E-state index is 12.3. The zero-order chi connectivity index (χ0) is 17.5. The summed E-state index contributed by atoms with van der Waals surface area (Å²) in [5.74, 6) is -0.616. The molecule has 9 heteroatoms. The number of hydrogen-bond acceptors (Lipinski definition) is 8. The van der Waals surface area contributed by atoms with Crippen molar-refractivity contribution in [3.05, 3.63) is 45.0 Å². The Morgan fingerprint density at radius 3 is 2.83 bits per heavy atom. The van der Waals surface area contributed by atoms with Gasteiger partial charge < -0.3 is 9.47 Å². The summed E-state index contributed by atoms with van der Waals surface area (Å²) in [5.41, 5.74) is 0.871. The summed E-state index contributed by atoms with van der Waals surface area (Å²) in [6.07, 6.45) is 0. The minimum absolute atomic E-state index is 0.0931. The highest BCUT2D eigenvalue weighted by atomic mass is 32.2. The van der Waals surface area contributed by atoms with Crippen molar-refractivity contribution in [2.45, 2.75) is 23.1 Å². The number of carbonyl (C=O) groups excluding carboxylic acids is 1. The van der Waals surface area contributed by atoms with Crippen LogP contribution in [0.3, 0.4) is 0 Å². The van der Waals surface area contributed by atoms with Crippen LogP contribution in [-0.4, -0.2) is 35.7 Å². The van der Waals surface area contributed by atoms with E-state index in [1.165, 1.54) is 35.2 Å². The maximum absolute atomic E-state index is 12.3. The molecular weight excluding hydrogens is 352 g/mol. The molecule has 0 aliphatic heterocycles. The smallest absolute Gasteiger partial charge is 0.339 e. The second kappa shape index (κ2) is 8.76. The molecule has 0 spiro atoms. The molecule has 0 amide bonds. The van der Waals surface area contributed by atoms with Crippen LogP contribution >= 0.6 is 23.1 Å². The maximum Gasteiger partial charge on any atom is 0.339 e. The molecular formula is C15H16N2O5S2. The SMILES string of the molecule is CCOCCOC(=O)c1cc([N+](=O)[O-])ccc1Sc1nc(C)cs1. The number of nitro groups is 1. The third kappa shape index (κ3) is 5.02. The Morgan fingerprint density at radius 2 is 2.21 bits per heavy atom. The molecule has 0 unspecified atom stereocenters. The van der Waals surface area contributed by atoms with Crippen molar-refractivity contribution in [1.29, 1.82) is 0 Å². The number of benzene rings is 1. The predicted molar refractivity (Wildman–Crippen MR) is 90.8 cm³/mol. The molecule has 0 radical (unpaired) electrons. The van der Waals surface area contributed by atoms with Crippen LogP contribution in [0.5, 0.6) is 0 Å². The first-order chi connectivity index (χ1) is 11.5. The summed E-state index contributed by atoms with van der Waals surface area (Å²) < 4.78 is 11.0. The first kappa shape index (κ1) is 18.4. The summed E-state index contributed by atoms with van der Waals surface area (Å²) in [4.78, 5) is 27.6. The summed E-state index contributed by atoms with van der Waals surface area (Å²) in [5, 5.41) is 12.9. The van der Waals surface area contributed by atoms with E-state index in [9.17, 15) is 14.9 Å². The quantitative estimate of drug-likeness (QED) is 0.303. The van der Waals surface area contributed by atoms with Crippen molar-refractivity contribution in [3.8, 4) is 0 Å². The van der Waals surface area contributed by atoms with Gasteiger partial charge in [0.2, 0.25) is 0 Å². The molecule has 0 atom stereocenters. The molecule has 1 heterocycles. The second-order valence-electron chi connectivity index (χ2n) is 4.63. The van der Waals surface area contributed by atoms with E-state index in [0.29, 0.717) is 11.5 Å². The highest BCUT2D eigenvalue weighted by molar-refractivity contribution is 8.01. The molecule has 0 bridgehead atoms. The number of thiazole rings is 1. The Kier molecular flexibility index (Phi) is 6.71. The molecule has 0 aliphatic carbocycles. The number of rotatable bonds is 8. The number of ether oxygens (including phenoxy) is 2. The summed E-state index contributed by atoms with van der Waals surface area (Å²) in [6.45, 7) is 4.62. The van der Waals surface area contributed by atoms with Gasteiger partial charge in [0, 0.05) is 34.7 Å². The van der Waals surface area contributed by atoms with Gasteiger partial charge in [-0.15, -0.1) is 11.3 Å². The molecule has 128 valence electrons. The first-order valence-electron chi connectivity index (χ1n) is 7.14. The largest absolute Gasteiger partial charge is 0.460 e. The van der Waals surface area contributed by atoms with Crippen LogP contribution in [0.4, 0.5) is 5.69 Å². The van der Waals surface area contributed by atoms with Gasteiger partial charge in [-0.1, -0.05) is 11.8 Å². The van der Waals surface area contributed by atoms with Crippen LogP contribution < -0.4 is 0 Å². The van der Waals surface area contributed by atoms with Crippen LogP contribution in [0.1, 0.15) is 23.0 Å². The van der Waals surface area contributed by atoms with Gasteiger partial charge in [-0.2, -0.15) is 0 Å². The van der Waals surface area contributed by atoms with E-state index in [2.05, 4.69) is 4.98 Å². The fourth-order valence-corrected chi connectivity index (χ4v) is 3.66. The lowest BCUT2D eigenvalue weighted by Gasteiger charge is -2.08. The lowest BCUT2D eigenvalue weighted by molar-refractivity contribution is -0.384. The fourth-order valence-electron chi connectivity index (χ4n) is 1.77.